The fraction of sp³-hybridized carbons (Fsp3) is 0.421. The third-order valence-electron chi connectivity index (χ3n) is 4.46. The summed E-state index contributed by atoms with van der Waals surface area (Å²) in [7, 11) is 1.53. The van der Waals surface area contributed by atoms with Crippen molar-refractivity contribution < 1.29 is 23.8 Å². The van der Waals surface area contributed by atoms with E-state index in [9.17, 15) is 19.5 Å². The molecule has 1 aromatic carbocycles. The maximum Gasteiger partial charge on any atom is 0.340 e. The smallest absolute Gasteiger partial charge is 0.340 e. The predicted molar refractivity (Wildman–Crippen MR) is 96.6 cm³/mol. The Morgan fingerprint density at radius 2 is 1.88 bits per heavy atom. The first kappa shape index (κ1) is 19.5. The van der Waals surface area contributed by atoms with E-state index in [1.807, 2.05) is 0 Å². The van der Waals surface area contributed by atoms with Crippen LogP contribution in [0.15, 0.2) is 21.3 Å². The summed E-state index contributed by atoms with van der Waals surface area (Å²) in [6.07, 6.45) is -0.244. The van der Waals surface area contributed by atoms with Gasteiger partial charge in [0.2, 0.25) is 5.91 Å². The van der Waals surface area contributed by atoms with E-state index in [4.69, 9.17) is 9.15 Å². The zero-order chi connectivity index (χ0) is 19.6. The lowest BCUT2D eigenvalue weighted by Gasteiger charge is -2.18. The highest BCUT2D eigenvalue weighted by molar-refractivity contribution is 5.89. The third-order valence-corrected chi connectivity index (χ3v) is 4.46. The number of carbonyl (C=O) groups excluding carboxylic acids is 1. The van der Waals surface area contributed by atoms with Gasteiger partial charge in [-0.25, -0.2) is 9.59 Å². The summed E-state index contributed by atoms with van der Waals surface area (Å²) in [5, 5.41) is 12.4. The van der Waals surface area contributed by atoms with Crippen LogP contribution in [0.2, 0.25) is 0 Å². The number of carboxylic acid groups (broad SMARTS) is 1. The Kier molecular flexibility index (Phi) is 5.69. The molecule has 140 valence electrons. The Morgan fingerprint density at radius 1 is 1.23 bits per heavy atom. The molecule has 0 saturated heterocycles. The highest BCUT2D eigenvalue weighted by Gasteiger charge is 2.25. The van der Waals surface area contributed by atoms with Crippen molar-refractivity contribution in [2.24, 2.45) is 5.92 Å². The molecule has 1 aromatic heterocycles. The number of benzene rings is 1. The molecule has 2 rings (SSSR count). The lowest BCUT2D eigenvalue weighted by Crippen LogP contribution is -2.45. The average molecular weight is 361 g/mol. The summed E-state index contributed by atoms with van der Waals surface area (Å²) in [6.45, 7) is 6.93. The Morgan fingerprint density at radius 3 is 2.42 bits per heavy atom. The van der Waals surface area contributed by atoms with Gasteiger partial charge < -0.3 is 19.6 Å². The van der Waals surface area contributed by atoms with Crippen LogP contribution in [0.25, 0.3) is 11.0 Å². The number of hydrogen-bond acceptors (Lipinski definition) is 5. The lowest BCUT2D eigenvalue weighted by atomic mass is 10.00. The number of ether oxygens (including phenoxy) is 1. The van der Waals surface area contributed by atoms with Gasteiger partial charge in [0.25, 0.3) is 0 Å². The number of methoxy groups -OCH3 is 1. The van der Waals surface area contributed by atoms with Crippen LogP contribution in [0.5, 0.6) is 5.75 Å². The van der Waals surface area contributed by atoms with Crippen molar-refractivity contribution >= 4 is 22.8 Å². The molecule has 1 unspecified atom stereocenters. The van der Waals surface area contributed by atoms with Crippen molar-refractivity contribution in [1.82, 2.24) is 5.32 Å². The number of hydrogen-bond donors (Lipinski definition) is 2. The first-order valence-electron chi connectivity index (χ1n) is 8.29. The van der Waals surface area contributed by atoms with Crippen LogP contribution in [0, 0.1) is 19.8 Å². The van der Waals surface area contributed by atoms with E-state index in [0.29, 0.717) is 27.8 Å². The van der Waals surface area contributed by atoms with Crippen LogP contribution in [-0.2, 0) is 16.0 Å². The number of amides is 1. The second-order valence-electron chi connectivity index (χ2n) is 6.57. The number of aliphatic carboxylic acids is 1. The number of fused-ring (bicyclic) bond motifs is 1. The van der Waals surface area contributed by atoms with E-state index in [2.05, 4.69) is 5.32 Å². The van der Waals surface area contributed by atoms with Crippen molar-refractivity contribution in [3.05, 3.63) is 39.2 Å². The maximum absolute atomic E-state index is 12.4. The number of carbonyl (C=O) groups is 2. The molecule has 26 heavy (non-hydrogen) atoms. The Balaban J connectivity index is 2.40. The fourth-order valence-electron chi connectivity index (χ4n) is 2.89. The van der Waals surface area contributed by atoms with Crippen LogP contribution in [0.4, 0.5) is 0 Å². The Bertz CT molecular complexity index is 912. The van der Waals surface area contributed by atoms with Gasteiger partial charge in [0.05, 0.1) is 19.1 Å². The van der Waals surface area contributed by atoms with Gasteiger partial charge in [-0.05, 0) is 37.5 Å². The van der Waals surface area contributed by atoms with Gasteiger partial charge in [0.1, 0.15) is 17.4 Å². The Hall–Kier alpha value is -2.83. The van der Waals surface area contributed by atoms with Gasteiger partial charge >= 0.3 is 11.6 Å². The first-order valence-corrected chi connectivity index (χ1v) is 8.29. The minimum Gasteiger partial charge on any atom is -0.496 e. The number of carboxylic acids is 1. The summed E-state index contributed by atoms with van der Waals surface area (Å²) in [6, 6.07) is 2.53. The summed E-state index contributed by atoms with van der Waals surface area (Å²) >= 11 is 0. The second kappa shape index (κ2) is 7.59. The topological polar surface area (TPSA) is 106 Å². The molecule has 0 aliphatic heterocycles. The molecule has 1 heterocycles. The van der Waals surface area contributed by atoms with Gasteiger partial charge in [0, 0.05) is 10.9 Å². The largest absolute Gasteiger partial charge is 0.496 e. The van der Waals surface area contributed by atoms with Crippen molar-refractivity contribution in [2.45, 2.75) is 40.2 Å². The molecular weight excluding hydrogens is 338 g/mol. The molecule has 0 fully saturated rings. The van der Waals surface area contributed by atoms with E-state index >= 15 is 0 Å². The highest BCUT2D eigenvalue weighted by atomic mass is 16.5. The molecule has 0 radical (unpaired) electrons. The van der Waals surface area contributed by atoms with E-state index in [1.165, 1.54) is 7.11 Å². The SMILES string of the molecule is COc1ccc2c(C)c(CC(=O)NC(C(=O)O)C(C)C)c(=O)oc2c1C. The predicted octanol–water partition coefficient (Wildman–Crippen LogP) is 2.19. The molecule has 0 aliphatic rings. The number of rotatable bonds is 6. The fourth-order valence-corrected chi connectivity index (χ4v) is 2.89. The molecule has 7 heteroatoms. The monoisotopic (exact) mass is 361 g/mol. The van der Waals surface area contributed by atoms with E-state index in [-0.39, 0.29) is 17.9 Å². The molecule has 2 N–H and O–H groups in total. The van der Waals surface area contributed by atoms with Crippen LogP contribution in [0.1, 0.15) is 30.5 Å². The van der Waals surface area contributed by atoms with Crippen LogP contribution in [0.3, 0.4) is 0 Å². The van der Waals surface area contributed by atoms with Crippen LogP contribution >= 0.6 is 0 Å². The van der Waals surface area contributed by atoms with Crippen LogP contribution < -0.4 is 15.7 Å². The molecule has 1 atom stereocenters. The van der Waals surface area contributed by atoms with Gasteiger partial charge in [0.15, 0.2) is 0 Å². The van der Waals surface area contributed by atoms with E-state index < -0.39 is 23.5 Å². The van der Waals surface area contributed by atoms with Crippen LogP contribution in [-0.4, -0.2) is 30.1 Å². The summed E-state index contributed by atoms with van der Waals surface area (Å²) in [5.41, 5.74) is 1.35. The molecule has 0 aliphatic carbocycles. The van der Waals surface area contributed by atoms with Crippen molar-refractivity contribution in [3.8, 4) is 5.75 Å². The first-order chi connectivity index (χ1) is 12.2. The number of aryl methyl sites for hydroxylation is 2. The summed E-state index contributed by atoms with van der Waals surface area (Å²) in [4.78, 5) is 35.9. The normalized spacial score (nSPS) is 12.2. The Labute approximate surface area is 151 Å². The minimum atomic E-state index is -1.11. The zero-order valence-corrected chi connectivity index (χ0v) is 15.5. The molecular formula is C19H23NO6. The molecule has 0 bridgehead atoms. The lowest BCUT2D eigenvalue weighted by molar-refractivity contribution is -0.143. The molecule has 0 saturated carbocycles. The van der Waals surface area contributed by atoms with Crippen molar-refractivity contribution in [2.75, 3.05) is 7.11 Å². The third kappa shape index (κ3) is 3.71. The van der Waals surface area contributed by atoms with Crippen molar-refractivity contribution in [3.63, 3.8) is 0 Å². The molecule has 7 nitrogen and oxygen atoms in total. The maximum atomic E-state index is 12.4. The zero-order valence-electron chi connectivity index (χ0n) is 15.5. The molecule has 1 amide bonds. The molecule has 2 aromatic rings. The quantitative estimate of drug-likeness (QED) is 0.764. The van der Waals surface area contributed by atoms with E-state index in [1.54, 1.807) is 39.8 Å². The average Bonchev–Trinajstić information content (AvgIpc) is 2.57. The van der Waals surface area contributed by atoms with Gasteiger partial charge in [-0.15, -0.1) is 0 Å². The van der Waals surface area contributed by atoms with Gasteiger partial charge in [-0.1, -0.05) is 13.8 Å². The number of nitrogens with one attached hydrogen (secondary N) is 1. The minimum absolute atomic E-state index is 0.215. The standard InChI is InChI=1S/C19H23NO6/c1-9(2)16(18(22)23)20-15(21)8-13-10(3)12-6-7-14(25-5)11(4)17(12)26-19(13)24/h6-7,9,16H,8H2,1-5H3,(H,20,21)(H,22,23). The second-order valence-corrected chi connectivity index (χ2v) is 6.57. The summed E-state index contributed by atoms with van der Waals surface area (Å²) < 4.78 is 10.7. The van der Waals surface area contributed by atoms with Crippen molar-refractivity contribution in [1.29, 1.82) is 0 Å². The van der Waals surface area contributed by atoms with Gasteiger partial charge in [-0.3, -0.25) is 4.79 Å². The van der Waals surface area contributed by atoms with Gasteiger partial charge in [-0.2, -0.15) is 0 Å². The molecule has 0 spiro atoms. The highest BCUT2D eigenvalue weighted by Crippen LogP contribution is 2.29. The van der Waals surface area contributed by atoms with E-state index in [0.717, 1.165) is 0 Å². The summed E-state index contributed by atoms with van der Waals surface area (Å²) in [5.74, 6) is -1.32.